The van der Waals surface area contributed by atoms with Gasteiger partial charge in [0, 0.05) is 4.88 Å². The number of nitrogens with one attached hydrogen (secondary N) is 2. The Kier molecular flexibility index (Phi) is 4.09. The first-order valence-electron chi connectivity index (χ1n) is 7.38. The molecule has 1 unspecified atom stereocenters. The molecular formula is C17H18N2O3S. The number of anilines is 1. The van der Waals surface area contributed by atoms with Gasteiger partial charge in [0.05, 0.1) is 16.6 Å². The minimum atomic E-state index is -0.172. The average molecular weight is 330 g/mol. The van der Waals surface area contributed by atoms with Gasteiger partial charge in [-0.05, 0) is 50.1 Å². The molecule has 0 saturated carbocycles. The van der Waals surface area contributed by atoms with Gasteiger partial charge in [-0.3, -0.25) is 9.59 Å². The molecule has 23 heavy (non-hydrogen) atoms. The van der Waals surface area contributed by atoms with Gasteiger partial charge in [-0.2, -0.15) is 0 Å². The first-order chi connectivity index (χ1) is 10.9. The van der Waals surface area contributed by atoms with Crippen molar-refractivity contribution in [3.63, 3.8) is 0 Å². The van der Waals surface area contributed by atoms with E-state index < -0.39 is 0 Å². The number of ether oxygens (including phenoxy) is 1. The van der Waals surface area contributed by atoms with Gasteiger partial charge in [0.15, 0.2) is 6.61 Å². The van der Waals surface area contributed by atoms with Crippen molar-refractivity contribution in [3.05, 3.63) is 45.1 Å². The van der Waals surface area contributed by atoms with Crippen molar-refractivity contribution in [2.45, 2.75) is 26.8 Å². The highest BCUT2D eigenvalue weighted by molar-refractivity contribution is 7.14. The van der Waals surface area contributed by atoms with Gasteiger partial charge in [0.25, 0.3) is 11.8 Å². The Morgan fingerprint density at radius 1 is 1.35 bits per heavy atom. The molecule has 1 aliphatic heterocycles. The molecule has 0 aliphatic carbocycles. The largest absolute Gasteiger partial charge is 0.482 e. The second-order valence-corrected chi connectivity index (χ2v) is 6.89. The van der Waals surface area contributed by atoms with E-state index in [1.807, 2.05) is 45.0 Å². The number of rotatable bonds is 3. The summed E-state index contributed by atoms with van der Waals surface area (Å²) in [7, 11) is 0. The van der Waals surface area contributed by atoms with E-state index in [1.54, 1.807) is 0 Å². The predicted molar refractivity (Wildman–Crippen MR) is 90.2 cm³/mol. The smallest absolute Gasteiger partial charge is 0.262 e. The van der Waals surface area contributed by atoms with Crippen LogP contribution in [-0.4, -0.2) is 18.4 Å². The third-order valence-corrected chi connectivity index (χ3v) is 5.03. The first-order valence-corrected chi connectivity index (χ1v) is 8.20. The number of hydrogen-bond donors (Lipinski definition) is 2. The summed E-state index contributed by atoms with van der Waals surface area (Å²) in [6.45, 7) is 5.96. The van der Waals surface area contributed by atoms with Gasteiger partial charge in [0.1, 0.15) is 5.75 Å². The zero-order valence-electron chi connectivity index (χ0n) is 13.2. The summed E-state index contributed by atoms with van der Waals surface area (Å²) in [6.07, 6.45) is 0. The number of amides is 2. The molecule has 0 spiro atoms. The van der Waals surface area contributed by atoms with Crippen molar-refractivity contribution < 1.29 is 14.3 Å². The Morgan fingerprint density at radius 3 is 2.83 bits per heavy atom. The SMILES string of the molecule is Cc1cc(C(=O)NC(C)c2ccc3c(c2)NC(=O)CO3)sc1C. The summed E-state index contributed by atoms with van der Waals surface area (Å²) in [5.74, 6) is 0.393. The van der Waals surface area contributed by atoms with Crippen molar-refractivity contribution in [2.24, 2.45) is 0 Å². The predicted octanol–water partition coefficient (Wildman–Crippen LogP) is 3.19. The third-order valence-electron chi connectivity index (χ3n) is 3.87. The monoisotopic (exact) mass is 330 g/mol. The Balaban J connectivity index is 1.75. The molecule has 1 atom stereocenters. The van der Waals surface area contributed by atoms with Gasteiger partial charge in [-0.25, -0.2) is 0 Å². The molecule has 2 amide bonds. The lowest BCUT2D eigenvalue weighted by atomic mass is 10.1. The minimum absolute atomic E-state index is 0.0374. The van der Waals surface area contributed by atoms with Crippen molar-refractivity contribution in [1.29, 1.82) is 0 Å². The normalized spacial score (nSPS) is 14.5. The maximum Gasteiger partial charge on any atom is 0.262 e. The molecule has 0 radical (unpaired) electrons. The number of fused-ring (bicyclic) bond motifs is 1. The van der Waals surface area contributed by atoms with Gasteiger partial charge < -0.3 is 15.4 Å². The molecular weight excluding hydrogens is 312 g/mol. The van der Waals surface area contributed by atoms with Crippen LogP contribution in [-0.2, 0) is 4.79 Å². The number of carbonyl (C=O) groups excluding carboxylic acids is 2. The fourth-order valence-corrected chi connectivity index (χ4v) is 3.34. The molecule has 1 aromatic heterocycles. The molecule has 2 heterocycles. The molecule has 2 aromatic rings. The zero-order chi connectivity index (χ0) is 16.6. The van der Waals surface area contributed by atoms with Gasteiger partial charge in [-0.15, -0.1) is 11.3 Å². The second-order valence-electron chi connectivity index (χ2n) is 5.64. The van der Waals surface area contributed by atoms with Crippen LogP contribution in [0.15, 0.2) is 24.3 Å². The number of aryl methyl sites for hydroxylation is 2. The minimum Gasteiger partial charge on any atom is -0.482 e. The van der Waals surface area contributed by atoms with Gasteiger partial charge in [-0.1, -0.05) is 6.07 Å². The first kappa shape index (κ1) is 15.6. The summed E-state index contributed by atoms with van der Waals surface area (Å²) in [5.41, 5.74) is 2.68. The average Bonchev–Trinajstić information content (AvgIpc) is 2.86. The van der Waals surface area contributed by atoms with Crippen molar-refractivity contribution in [1.82, 2.24) is 5.32 Å². The highest BCUT2D eigenvalue weighted by Gasteiger charge is 2.19. The number of carbonyl (C=O) groups is 2. The standard InChI is InChI=1S/C17H18N2O3S/c1-9-6-15(23-11(9)3)17(21)18-10(2)12-4-5-14-13(7-12)19-16(20)8-22-14/h4-7,10H,8H2,1-3H3,(H,18,21)(H,19,20). The van der Waals surface area contributed by atoms with Crippen LogP contribution in [0.3, 0.4) is 0 Å². The fourth-order valence-electron chi connectivity index (χ4n) is 2.41. The van der Waals surface area contributed by atoms with Crippen LogP contribution >= 0.6 is 11.3 Å². The highest BCUT2D eigenvalue weighted by atomic mass is 32.1. The molecule has 0 bridgehead atoms. The molecule has 0 fully saturated rings. The second kappa shape index (κ2) is 6.04. The molecule has 2 N–H and O–H groups in total. The zero-order valence-corrected chi connectivity index (χ0v) is 14.0. The summed E-state index contributed by atoms with van der Waals surface area (Å²) in [4.78, 5) is 25.6. The van der Waals surface area contributed by atoms with E-state index in [4.69, 9.17) is 4.74 Å². The molecule has 5 nitrogen and oxygen atoms in total. The van der Waals surface area contributed by atoms with Crippen molar-refractivity contribution >= 4 is 28.8 Å². The van der Waals surface area contributed by atoms with Gasteiger partial charge >= 0.3 is 0 Å². The van der Waals surface area contributed by atoms with E-state index in [9.17, 15) is 9.59 Å². The Morgan fingerprint density at radius 2 is 2.13 bits per heavy atom. The lowest BCUT2D eigenvalue weighted by molar-refractivity contribution is -0.118. The highest BCUT2D eigenvalue weighted by Crippen LogP contribution is 2.30. The molecule has 3 rings (SSSR count). The van der Waals surface area contributed by atoms with E-state index in [2.05, 4.69) is 10.6 Å². The van der Waals surface area contributed by atoms with E-state index >= 15 is 0 Å². The molecule has 6 heteroatoms. The Hall–Kier alpha value is -2.34. The van der Waals surface area contributed by atoms with Crippen LogP contribution in [0.5, 0.6) is 5.75 Å². The van der Waals surface area contributed by atoms with E-state index in [-0.39, 0.29) is 24.5 Å². The van der Waals surface area contributed by atoms with Crippen LogP contribution in [0, 0.1) is 13.8 Å². The maximum absolute atomic E-state index is 12.3. The Bertz CT molecular complexity index is 763. The van der Waals surface area contributed by atoms with Crippen molar-refractivity contribution in [3.8, 4) is 5.75 Å². The molecule has 1 aliphatic rings. The Labute approximate surface area is 138 Å². The van der Waals surface area contributed by atoms with E-state index in [1.165, 1.54) is 11.3 Å². The number of hydrogen-bond acceptors (Lipinski definition) is 4. The summed E-state index contributed by atoms with van der Waals surface area (Å²) in [6, 6.07) is 7.28. The topological polar surface area (TPSA) is 67.4 Å². The summed E-state index contributed by atoms with van der Waals surface area (Å²) in [5, 5.41) is 5.77. The third kappa shape index (κ3) is 3.22. The van der Waals surface area contributed by atoms with Crippen LogP contribution in [0.1, 0.15) is 38.6 Å². The lowest BCUT2D eigenvalue weighted by Gasteiger charge is -2.20. The van der Waals surface area contributed by atoms with Crippen LogP contribution in [0.4, 0.5) is 5.69 Å². The summed E-state index contributed by atoms with van der Waals surface area (Å²) < 4.78 is 5.34. The fraction of sp³-hybridized carbons (Fsp3) is 0.294. The molecule has 0 saturated heterocycles. The van der Waals surface area contributed by atoms with Crippen molar-refractivity contribution in [2.75, 3.05) is 11.9 Å². The van der Waals surface area contributed by atoms with E-state index in [0.29, 0.717) is 16.3 Å². The lowest BCUT2D eigenvalue weighted by Crippen LogP contribution is -2.27. The van der Waals surface area contributed by atoms with Crippen LogP contribution in [0.2, 0.25) is 0 Å². The number of benzene rings is 1. The maximum atomic E-state index is 12.3. The van der Waals surface area contributed by atoms with E-state index in [0.717, 1.165) is 16.0 Å². The van der Waals surface area contributed by atoms with Crippen LogP contribution in [0.25, 0.3) is 0 Å². The summed E-state index contributed by atoms with van der Waals surface area (Å²) >= 11 is 1.49. The van der Waals surface area contributed by atoms with Gasteiger partial charge in [0.2, 0.25) is 0 Å². The molecule has 1 aromatic carbocycles. The number of thiophene rings is 1. The quantitative estimate of drug-likeness (QED) is 0.908. The van der Waals surface area contributed by atoms with Crippen LogP contribution < -0.4 is 15.4 Å². The molecule has 120 valence electrons.